The molecule has 0 unspecified atom stereocenters. The van der Waals surface area contributed by atoms with Crippen molar-refractivity contribution in [1.29, 1.82) is 0 Å². The lowest BCUT2D eigenvalue weighted by Gasteiger charge is -2.03. The topological polar surface area (TPSA) is 55.4 Å². The highest BCUT2D eigenvalue weighted by atomic mass is 32.1. The highest BCUT2D eigenvalue weighted by molar-refractivity contribution is 7.14. The summed E-state index contributed by atoms with van der Waals surface area (Å²) in [5.74, 6) is -0.248. The summed E-state index contributed by atoms with van der Waals surface area (Å²) in [5, 5.41) is 2.87. The number of carbonyl (C=O) groups excluding carboxylic acids is 2. The Hall–Kier alpha value is -1.36. The van der Waals surface area contributed by atoms with Gasteiger partial charge < -0.3 is 10.1 Å². The zero-order valence-corrected chi connectivity index (χ0v) is 14.0. The van der Waals surface area contributed by atoms with Gasteiger partial charge in [-0.3, -0.25) is 9.59 Å². The number of nitrogens with one attached hydrogen (secondary N) is 1. The van der Waals surface area contributed by atoms with Crippen molar-refractivity contribution in [3.8, 4) is 0 Å². The van der Waals surface area contributed by atoms with Crippen LogP contribution in [0.4, 0.5) is 0 Å². The summed E-state index contributed by atoms with van der Waals surface area (Å²) in [6, 6.07) is 2.00. The van der Waals surface area contributed by atoms with Crippen molar-refractivity contribution in [1.82, 2.24) is 5.32 Å². The number of hydrogen-bond donors (Lipinski definition) is 1. The molecule has 1 N–H and O–H groups in total. The molecule has 1 heterocycles. The molecule has 0 saturated heterocycles. The van der Waals surface area contributed by atoms with Crippen LogP contribution in [-0.2, 0) is 22.4 Å². The third-order valence-corrected chi connectivity index (χ3v) is 4.36. The van der Waals surface area contributed by atoms with Gasteiger partial charge in [-0.05, 0) is 37.8 Å². The number of carbonyl (C=O) groups is 2. The van der Waals surface area contributed by atoms with Gasteiger partial charge in [0.05, 0.1) is 11.5 Å². The van der Waals surface area contributed by atoms with Crippen molar-refractivity contribution < 1.29 is 14.3 Å². The molecule has 0 spiro atoms. The van der Waals surface area contributed by atoms with Crippen LogP contribution in [-0.4, -0.2) is 25.0 Å². The summed E-state index contributed by atoms with van der Waals surface area (Å²) < 4.78 is 4.84. The lowest BCUT2D eigenvalue weighted by Crippen LogP contribution is -2.24. The van der Waals surface area contributed by atoms with E-state index in [1.807, 2.05) is 6.07 Å². The van der Waals surface area contributed by atoms with E-state index in [0.29, 0.717) is 26.0 Å². The normalized spacial score (nSPS) is 10.4. The van der Waals surface area contributed by atoms with Gasteiger partial charge in [-0.1, -0.05) is 20.3 Å². The predicted octanol–water partition coefficient (Wildman–Crippen LogP) is 3.34. The Morgan fingerprint density at radius 2 is 2.05 bits per heavy atom. The Kier molecular flexibility index (Phi) is 8.05. The Morgan fingerprint density at radius 1 is 1.29 bits per heavy atom. The van der Waals surface area contributed by atoms with Gasteiger partial charge in [-0.15, -0.1) is 11.3 Å². The first-order valence-electron chi connectivity index (χ1n) is 7.67. The van der Waals surface area contributed by atoms with E-state index >= 15 is 0 Å². The van der Waals surface area contributed by atoms with Gasteiger partial charge >= 0.3 is 5.97 Å². The molecule has 0 bridgehead atoms. The molecule has 0 aliphatic rings. The summed E-state index contributed by atoms with van der Waals surface area (Å²) in [7, 11) is 0. The van der Waals surface area contributed by atoms with Crippen LogP contribution in [0.3, 0.4) is 0 Å². The Bertz CT molecular complexity index is 468. The zero-order chi connectivity index (χ0) is 15.7. The van der Waals surface area contributed by atoms with Gasteiger partial charge in [-0.2, -0.15) is 0 Å². The molecule has 21 heavy (non-hydrogen) atoms. The van der Waals surface area contributed by atoms with Crippen LogP contribution < -0.4 is 5.32 Å². The minimum absolute atomic E-state index is 0.0408. The summed E-state index contributed by atoms with van der Waals surface area (Å²) in [5.41, 5.74) is 1.28. The van der Waals surface area contributed by atoms with Gasteiger partial charge in [0.1, 0.15) is 0 Å². The van der Waals surface area contributed by atoms with Crippen LogP contribution in [0.15, 0.2) is 6.07 Å². The van der Waals surface area contributed by atoms with Crippen molar-refractivity contribution in [2.24, 2.45) is 0 Å². The highest BCUT2D eigenvalue weighted by Crippen LogP contribution is 2.24. The summed E-state index contributed by atoms with van der Waals surface area (Å²) >= 11 is 1.59. The van der Waals surface area contributed by atoms with Crippen LogP contribution in [0.25, 0.3) is 0 Å². The molecule has 0 aliphatic carbocycles. The molecule has 5 heteroatoms. The van der Waals surface area contributed by atoms with Gasteiger partial charge in [0.2, 0.25) is 0 Å². The van der Waals surface area contributed by atoms with E-state index in [1.165, 1.54) is 10.4 Å². The molecule has 0 saturated carbocycles. The Labute approximate surface area is 130 Å². The van der Waals surface area contributed by atoms with Gasteiger partial charge in [0.15, 0.2) is 0 Å². The number of aryl methyl sites for hydroxylation is 2. The molecule has 118 valence electrons. The monoisotopic (exact) mass is 311 g/mol. The van der Waals surface area contributed by atoms with E-state index in [2.05, 4.69) is 19.2 Å². The molecule has 0 radical (unpaired) electrons. The van der Waals surface area contributed by atoms with Crippen LogP contribution in [0.5, 0.6) is 0 Å². The van der Waals surface area contributed by atoms with E-state index in [9.17, 15) is 9.59 Å². The quantitative estimate of drug-likeness (QED) is 0.562. The fourth-order valence-corrected chi connectivity index (χ4v) is 3.34. The molecule has 1 amide bonds. The maximum absolute atomic E-state index is 12.1. The molecule has 1 aromatic heterocycles. The third-order valence-electron chi connectivity index (χ3n) is 3.13. The molecule has 0 atom stereocenters. The molecular formula is C16H25NO3S. The maximum Gasteiger partial charge on any atom is 0.305 e. The first kappa shape index (κ1) is 17.7. The molecule has 0 fully saturated rings. The molecule has 4 nitrogen and oxygen atoms in total. The van der Waals surface area contributed by atoms with Crippen LogP contribution >= 0.6 is 11.3 Å². The number of hydrogen-bond acceptors (Lipinski definition) is 4. The maximum atomic E-state index is 12.1. The standard InChI is InChI=1S/C16H25NO3S/c1-4-8-13-12(5-2)11-14(21-13)16(19)17-10-7-9-15(18)20-6-3/h11H,4-10H2,1-3H3,(H,17,19). The molecule has 1 aromatic rings. The second-order valence-electron chi connectivity index (χ2n) is 4.83. The largest absolute Gasteiger partial charge is 0.466 e. The van der Waals surface area contributed by atoms with Gasteiger partial charge in [0.25, 0.3) is 5.91 Å². The van der Waals surface area contributed by atoms with Crippen LogP contribution in [0, 0.1) is 0 Å². The van der Waals surface area contributed by atoms with Crippen molar-refractivity contribution in [3.05, 3.63) is 21.4 Å². The number of thiophene rings is 1. The zero-order valence-electron chi connectivity index (χ0n) is 13.2. The van der Waals surface area contributed by atoms with Crippen molar-refractivity contribution in [3.63, 3.8) is 0 Å². The number of ether oxygens (including phenoxy) is 1. The van der Waals surface area contributed by atoms with Gasteiger partial charge in [0, 0.05) is 17.8 Å². The second-order valence-corrected chi connectivity index (χ2v) is 5.96. The smallest absolute Gasteiger partial charge is 0.305 e. The predicted molar refractivity (Wildman–Crippen MR) is 85.9 cm³/mol. The summed E-state index contributed by atoms with van der Waals surface area (Å²) in [6.07, 6.45) is 4.04. The number of rotatable bonds is 9. The summed E-state index contributed by atoms with van der Waals surface area (Å²) in [4.78, 5) is 25.4. The van der Waals surface area contributed by atoms with E-state index in [-0.39, 0.29) is 11.9 Å². The average molecular weight is 311 g/mol. The summed E-state index contributed by atoms with van der Waals surface area (Å²) in [6.45, 7) is 6.95. The lowest BCUT2D eigenvalue weighted by atomic mass is 10.1. The minimum atomic E-state index is -0.207. The molecule has 0 aromatic carbocycles. The molecule has 1 rings (SSSR count). The lowest BCUT2D eigenvalue weighted by molar-refractivity contribution is -0.143. The molecular weight excluding hydrogens is 286 g/mol. The van der Waals surface area contributed by atoms with Crippen LogP contribution in [0.2, 0.25) is 0 Å². The van der Waals surface area contributed by atoms with Crippen molar-refractivity contribution in [2.75, 3.05) is 13.2 Å². The highest BCUT2D eigenvalue weighted by Gasteiger charge is 2.13. The van der Waals surface area contributed by atoms with Crippen molar-refractivity contribution >= 4 is 23.2 Å². The van der Waals surface area contributed by atoms with E-state index in [1.54, 1.807) is 18.3 Å². The minimum Gasteiger partial charge on any atom is -0.466 e. The Balaban J connectivity index is 2.43. The fraction of sp³-hybridized carbons (Fsp3) is 0.625. The SMILES string of the molecule is CCCc1sc(C(=O)NCCCC(=O)OCC)cc1CC. The number of amides is 1. The first-order valence-corrected chi connectivity index (χ1v) is 8.49. The average Bonchev–Trinajstić information content (AvgIpc) is 2.87. The van der Waals surface area contributed by atoms with Gasteiger partial charge in [-0.25, -0.2) is 0 Å². The van der Waals surface area contributed by atoms with Crippen LogP contribution in [0.1, 0.15) is 60.1 Å². The van der Waals surface area contributed by atoms with E-state index in [0.717, 1.165) is 24.1 Å². The van der Waals surface area contributed by atoms with E-state index < -0.39 is 0 Å². The first-order chi connectivity index (χ1) is 10.1. The van der Waals surface area contributed by atoms with Crippen molar-refractivity contribution in [2.45, 2.75) is 52.9 Å². The fourth-order valence-electron chi connectivity index (χ4n) is 2.07. The Morgan fingerprint density at radius 3 is 2.67 bits per heavy atom. The third kappa shape index (κ3) is 5.87. The second kappa shape index (κ2) is 9.55. The number of esters is 1. The van der Waals surface area contributed by atoms with E-state index in [4.69, 9.17) is 4.74 Å². The molecule has 0 aliphatic heterocycles.